The lowest BCUT2D eigenvalue weighted by Crippen LogP contribution is -2.49. The third kappa shape index (κ3) is 4.38. The van der Waals surface area contributed by atoms with Gasteiger partial charge in [-0.25, -0.2) is 0 Å². The Hall–Kier alpha value is -0.650. The maximum absolute atomic E-state index is 10.6. The summed E-state index contributed by atoms with van der Waals surface area (Å²) in [6.07, 6.45) is 3.68. The standard InChI is InChI=1S/C24H37ClN2O2/c1-23(2)19-8-9-24(23,3)22(14-19)29-17-21(28)16-27-12-10-26(11-13-27)15-18-4-6-20(25)7-5-18/h4-7,19,21-22,28H,8-17H2,1-3H3/t19-,21-,22-,24-/m1/s1. The topological polar surface area (TPSA) is 35.9 Å². The number of aliphatic hydroxyl groups excluding tert-OH is 1. The van der Waals surface area contributed by atoms with Crippen LogP contribution in [0.3, 0.4) is 0 Å². The Morgan fingerprint density at radius 1 is 1.10 bits per heavy atom. The van der Waals surface area contributed by atoms with Gasteiger partial charge < -0.3 is 9.84 Å². The largest absolute Gasteiger partial charge is 0.389 e. The van der Waals surface area contributed by atoms with Crippen LogP contribution in [0.25, 0.3) is 0 Å². The molecule has 0 unspecified atom stereocenters. The maximum atomic E-state index is 10.6. The van der Waals surface area contributed by atoms with Crippen molar-refractivity contribution < 1.29 is 9.84 Å². The minimum atomic E-state index is -0.399. The summed E-state index contributed by atoms with van der Waals surface area (Å²) in [6, 6.07) is 8.13. The summed E-state index contributed by atoms with van der Waals surface area (Å²) in [5.74, 6) is 0.781. The van der Waals surface area contributed by atoms with Gasteiger partial charge in [-0.1, -0.05) is 44.5 Å². The van der Waals surface area contributed by atoms with Crippen molar-refractivity contribution in [2.45, 2.75) is 58.8 Å². The number of rotatable bonds is 7. The highest BCUT2D eigenvalue weighted by Gasteiger charge is 2.61. The highest BCUT2D eigenvalue weighted by Crippen LogP contribution is 2.66. The van der Waals surface area contributed by atoms with E-state index in [-0.39, 0.29) is 5.41 Å². The fraction of sp³-hybridized carbons (Fsp3) is 0.750. The van der Waals surface area contributed by atoms with E-state index in [0.29, 0.717) is 24.7 Å². The molecule has 1 aliphatic heterocycles. The zero-order chi connectivity index (χ0) is 20.6. The Bertz CT molecular complexity index is 687. The van der Waals surface area contributed by atoms with E-state index in [1.165, 1.54) is 24.8 Å². The first-order valence-corrected chi connectivity index (χ1v) is 11.6. The number of β-amino-alcohol motifs (C(OH)–C–C–N with tert-alkyl or cyclic N) is 1. The molecule has 4 rings (SSSR count). The monoisotopic (exact) mass is 420 g/mol. The van der Waals surface area contributed by atoms with Gasteiger partial charge in [0.05, 0.1) is 18.8 Å². The van der Waals surface area contributed by atoms with Gasteiger partial charge in [0.2, 0.25) is 0 Å². The quantitative estimate of drug-likeness (QED) is 0.721. The molecule has 2 bridgehead atoms. The number of hydrogen-bond acceptors (Lipinski definition) is 4. The van der Waals surface area contributed by atoms with E-state index >= 15 is 0 Å². The van der Waals surface area contributed by atoms with Crippen LogP contribution in [0.15, 0.2) is 24.3 Å². The summed E-state index contributed by atoms with van der Waals surface area (Å²) in [5, 5.41) is 11.4. The van der Waals surface area contributed by atoms with Crippen molar-refractivity contribution in [3.8, 4) is 0 Å². The average Bonchev–Trinajstić information content (AvgIpc) is 3.03. The molecule has 0 amide bonds. The number of halogens is 1. The summed E-state index contributed by atoms with van der Waals surface area (Å²) in [4.78, 5) is 4.85. The molecule has 29 heavy (non-hydrogen) atoms. The third-order valence-electron chi connectivity index (χ3n) is 8.46. The molecule has 4 nitrogen and oxygen atoms in total. The first-order chi connectivity index (χ1) is 13.8. The molecule has 4 atom stereocenters. The zero-order valence-corrected chi connectivity index (χ0v) is 19.0. The van der Waals surface area contributed by atoms with E-state index in [1.807, 2.05) is 12.1 Å². The van der Waals surface area contributed by atoms with Gasteiger partial charge >= 0.3 is 0 Å². The molecule has 1 aromatic rings. The van der Waals surface area contributed by atoms with Crippen molar-refractivity contribution in [2.75, 3.05) is 39.3 Å². The molecule has 0 aromatic heterocycles. The van der Waals surface area contributed by atoms with E-state index < -0.39 is 6.10 Å². The molecule has 3 fully saturated rings. The number of ether oxygens (including phenoxy) is 1. The van der Waals surface area contributed by atoms with Gasteiger partial charge in [-0.2, -0.15) is 0 Å². The second kappa shape index (κ2) is 8.47. The summed E-state index contributed by atoms with van der Waals surface area (Å²) in [5.41, 5.74) is 1.94. The zero-order valence-electron chi connectivity index (χ0n) is 18.2. The molecule has 1 saturated heterocycles. The third-order valence-corrected chi connectivity index (χ3v) is 8.71. The van der Waals surface area contributed by atoms with E-state index in [9.17, 15) is 5.11 Å². The first-order valence-electron chi connectivity index (χ1n) is 11.3. The van der Waals surface area contributed by atoms with Gasteiger partial charge in [0.15, 0.2) is 0 Å². The van der Waals surface area contributed by atoms with Crippen LogP contribution in [-0.4, -0.2) is 66.4 Å². The predicted octanol–water partition coefficient (Wildman–Crippen LogP) is 4.05. The number of fused-ring (bicyclic) bond motifs is 2. The second-order valence-corrected chi connectivity index (χ2v) is 10.7. The van der Waals surface area contributed by atoms with Gasteiger partial charge in [0, 0.05) is 44.3 Å². The minimum absolute atomic E-state index is 0.269. The van der Waals surface area contributed by atoms with E-state index in [1.54, 1.807) is 0 Å². The minimum Gasteiger partial charge on any atom is -0.389 e. The van der Waals surface area contributed by atoms with Crippen LogP contribution in [0, 0.1) is 16.7 Å². The van der Waals surface area contributed by atoms with Gasteiger partial charge in [0.1, 0.15) is 0 Å². The SMILES string of the molecule is CC1(C)[C@@H]2CC[C@]1(C)[C@H](OC[C@H](O)CN1CCN(Cc3ccc(Cl)cc3)CC1)C2. The predicted molar refractivity (Wildman–Crippen MR) is 118 cm³/mol. The normalized spacial score (nSPS) is 33.3. The fourth-order valence-corrected chi connectivity index (χ4v) is 6.06. The lowest BCUT2D eigenvalue weighted by Gasteiger charge is -2.39. The van der Waals surface area contributed by atoms with E-state index in [2.05, 4.69) is 42.7 Å². The fourth-order valence-electron chi connectivity index (χ4n) is 5.94. The molecule has 3 aliphatic rings. The lowest BCUT2D eigenvalue weighted by molar-refractivity contribution is -0.0807. The number of nitrogens with zero attached hydrogens (tertiary/aromatic N) is 2. The van der Waals surface area contributed by atoms with Crippen molar-refractivity contribution >= 4 is 11.6 Å². The van der Waals surface area contributed by atoms with Crippen LogP contribution >= 0.6 is 11.6 Å². The van der Waals surface area contributed by atoms with Crippen LogP contribution in [-0.2, 0) is 11.3 Å². The number of piperazine rings is 1. The molecule has 0 spiro atoms. The average molecular weight is 421 g/mol. The molecule has 2 aliphatic carbocycles. The molecule has 2 saturated carbocycles. The van der Waals surface area contributed by atoms with E-state index in [4.69, 9.17) is 16.3 Å². The Morgan fingerprint density at radius 3 is 2.34 bits per heavy atom. The molecule has 162 valence electrons. The van der Waals surface area contributed by atoms with Crippen LogP contribution in [0.4, 0.5) is 0 Å². The Labute approximate surface area is 181 Å². The van der Waals surface area contributed by atoms with Crippen molar-refractivity contribution in [3.63, 3.8) is 0 Å². The molecule has 1 N–H and O–H groups in total. The number of aliphatic hydroxyl groups is 1. The molecule has 0 radical (unpaired) electrons. The van der Waals surface area contributed by atoms with E-state index in [0.717, 1.165) is 43.7 Å². The summed E-state index contributed by atoms with van der Waals surface area (Å²) in [7, 11) is 0. The number of hydrogen-bond donors (Lipinski definition) is 1. The van der Waals surface area contributed by atoms with Gasteiger partial charge in [-0.05, 0) is 53.7 Å². The van der Waals surface area contributed by atoms with Crippen LogP contribution in [0.2, 0.25) is 5.02 Å². The van der Waals surface area contributed by atoms with Crippen molar-refractivity contribution in [1.29, 1.82) is 0 Å². The van der Waals surface area contributed by atoms with Crippen LogP contribution in [0.5, 0.6) is 0 Å². The lowest BCUT2D eigenvalue weighted by atomic mass is 9.70. The van der Waals surface area contributed by atoms with Crippen LogP contribution in [0.1, 0.15) is 45.6 Å². The van der Waals surface area contributed by atoms with Gasteiger partial charge in [-0.3, -0.25) is 9.80 Å². The smallest absolute Gasteiger partial charge is 0.0900 e. The Balaban J connectivity index is 1.18. The highest BCUT2D eigenvalue weighted by atomic mass is 35.5. The van der Waals surface area contributed by atoms with Gasteiger partial charge in [-0.15, -0.1) is 0 Å². The number of benzene rings is 1. The summed E-state index contributed by atoms with van der Waals surface area (Å²) < 4.78 is 6.29. The summed E-state index contributed by atoms with van der Waals surface area (Å²) in [6.45, 7) is 13.4. The first kappa shape index (κ1) is 21.6. The Morgan fingerprint density at radius 2 is 1.76 bits per heavy atom. The Kier molecular flexibility index (Phi) is 6.30. The summed E-state index contributed by atoms with van der Waals surface area (Å²) >= 11 is 5.97. The molecule has 1 aromatic carbocycles. The van der Waals surface area contributed by atoms with Crippen LogP contribution < -0.4 is 0 Å². The highest BCUT2D eigenvalue weighted by molar-refractivity contribution is 6.30. The van der Waals surface area contributed by atoms with Crippen molar-refractivity contribution in [3.05, 3.63) is 34.9 Å². The van der Waals surface area contributed by atoms with Gasteiger partial charge in [0.25, 0.3) is 0 Å². The molecular formula is C24H37ClN2O2. The molecular weight excluding hydrogens is 384 g/mol. The molecule has 5 heteroatoms. The van der Waals surface area contributed by atoms with Crippen molar-refractivity contribution in [1.82, 2.24) is 9.80 Å². The van der Waals surface area contributed by atoms with Crippen molar-refractivity contribution in [2.24, 2.45) is 16.7 Å². The maximum Gasteiger partial charge on any atom is 0.0900 e. The second-order valence-electron chi connectivity index (χ2n) is 10.3. The molecule has 1 heterocycles.